The van der Waals surface area contributed by atoms with E-state index in [4.69, 9.17) is 25.4 Å². The maximum atomic E-state index is 12.5. The Bertz CT molecular complexity index is 1050. The number of nitrogens with two attached hydrogens (primary N) is 1. The molecule has 1 unspecified atom stereocenters. The second-order valence-corrected chi connectivity index (χ2v) is 8.16. The molecule has 2 heterocycles. The Morgan fingerprint density at radius 1 is 1.15 bits per heavy atom. The number of hydrogen-bond acceptors (Lipinski definition) is 7. The molecule has 0 aliphatic carbocycles. The van der Waals surface area contributed by atoms with E-state index in [2.05, 4.69) is 11.0 Å². The third-order valence-corrected chi connectivity index (χ3v) is 5.67. The Hall–Kier alpha value is -3.75. The van der Waals surface area contributed by atoms with Gasteiger partial charge in [0.1, 0.15) is 23.9 Å². The molecular weight excluding hydrogens is 424 g/mol. The molecule has 2 fully saturated rings. The number of nitrogen functional groups attached to an aromatic ring is 1. The van der Waals surface area contributed by atoms with Crippen molar-refractivity contribution in [3.05, 3.63) is 48.0 Å². The van der Waals surface area contributed by atoms with Gasteiger partial charge in [-0.25, -0.2) is 4.79 Å². The molecule has 9 nitrogen and oxygen atoms in total. The van der Waals surface area contributed by atoms with E-state index in [1.54, 1.807) is 12.1 Å². The lowest BCUT2D eigenvalue weighted by atomic mass is 10.1. The van der Waals surface area contributed by atoms with Gasteiger partial charge in [0.15, 0.2) is 6.10 Å². The van der Waals surface area contributed by atoms with E-state index in [9.17, 15) is 9.59 Å². The Balaban J connectivity index is 1.41. The number of carbonyl (C=O) groups is 2. The molecule has 0 aromatic heterocycles. The summed E-state index contributed by atoms with van der Waals surface area (Å²) in [5.41, 5.74) is 7.46. The van der Waals surface area contributed by atoms with Gasteiger partial charge in [-0.15, -0.1) is 0 Å². The van der Waals surface area contributed by atoms with Crippen LogP contribution in [0.3, 0.4) is 0 Å². The molecule has 0 radical (unpaired) electrons. The van der Waals surface area contributed by atoms with Crippen LogP contribution in [0.15, 0.2) is 42.5 Å². The molecule has 2 aliphatic heterocycles. The average Bonchev–Trinajstić information content (AvgIpc) is 3.18. The van der Waals surface area contributed by atoms with Gasteiger partial charge in [0.2, 0.25) is 0 Å². The van der Waals surface area contributed by atoms with Gasteiger partial charge in [0, 0.05) is 37.8 Å². The first-order valence-electron chi connectivity index (χ1n) is 11.0. The minimum atomic E-state index is -0.545. The van der Waals surface area contributed by atoms with E-state index < -0.39 is 18.2 Å². The number of nitrogens with one attached hydrogen (secondary N) is 1. The van der Waals surface area contributed by atoms with Crippen molar-refractivity contribution in [3.63, 3.8) is 0 Å². The van der Waals surface area contributed by atoms with Crippen molar-refractivity contribution in [2.24, 2.45) is 5.73 Å². The molecule has 0 saturated carbocycles. The third kappa shape index (κ3) is 5.36. The summed E-state index contributed by atoms with van der Waals surface area (Å²) < 4.78 is 16.6. The van der Waals surface area contributed by atoms with Gasteiger partial charge in [0.25, 0.3) is 0 Å². The zero-order valence-corrected chi connectivity index (χ0v) is 18.6. The van der Waals surface area contributed by atoms with Crippen LogP contribution in [0.1, 0.15) is 31.7 Å². The van der Waals surface area contributed by atoms with E-state index in [0.717, 1.165) is 24.5 Å². The minimum Gasteiger partial charge on any atom is -0.490 e. The molecule has 9 heteroatoms. The topological polar surface area (TPSA) is 118 Å². The van der Waals surface area contributed by atoms with Crippen LogP contribution in [0.5, 0.6) is 11.5 Å². The number of amides is 1. The monoisotopic (exact) mass is 452 g/mol. The number of ether oxygens (including phenoxy) is 3. The van der Waals surface area contributed by atoms with Gasteiger partial charge >= 0.3 is 12.1 Å². The Labute approximate surface area is 192 Å². The largest absolute Gasteiger partial charge is 0.490 e. The van der Waals surface area contributed by atoms with Gasteiger partial charge in [-0.1, -0.05) is 6.07 Å². The molecule has 2 aromatic rings. The Morgan fingerprint density at radius 3 is 2.67 bits per heavy atom. The second kappa shape index (κ2) is 9.81. The number of rotatable bonds is 7. The summed E-state index contributed by atoms with van der Waals surface area (Å²) in [6.45, 7) is 3.86. The molecule has 0 bridgehead atoms. The van der Waals surface area contributed by atoms with Crippen molar-refractivity contribution in [2.75, 3.05) is 36.0 Å². The fraction of sp³-hybridized carbons (Fsp3) is 0.375. The van der Waals surface area contributed by atoms with Crippen molar-refractivity contribution in [1.82, 2.24) is 0 Å². The van der Waals surface area contributed by atoms with Crippen LogP contribution < -0.4 is 25.0 Å². The summed E-state index contributed by atoms with van der Waals surface area (Å²) >= 11 is 0. The predicted molar refractivity (Wildman–Crippen MR) is 124 cm³/mol. The summed E-state index contributed by atoms with van der Waals surface area (Å²) in [6.07, 6.45) is 2.70. The molecule has 1 atom stereocenters. The number of hydrogen-bond donors (Lipinski definition) is 2. The predicted octanol–water partition coefficient (Wildman–Crippen LogP) is 3.29. The first-order chi connectivity index (χ1) is 15.9. The first kappa shape index (κ1) is 22.4. The van der Waals surface area contributed by atoms with E-state index in [-0.39, 0.29) is 30.3 Å². The summed E-state index contributed by atoms with van der Waals surface area (Å²) in [7, 11) is 0. The number of nitrogens with zero attached hydrogens (tertiary/aromatic N) is 2. The Kier molecular flexibility index (Phi) is 6.67. The molecule has 1 amide bonds. The first-order valence-corrected chi connectivity index (χ1v) is 11.0. The highest BCUT2D eigenvalue weighted by atomic mass is 16.6. The minimum absolute atomic E-state index is 0.120. The summed E-state index contributed by atoms with van der Waals surface area (Å²) in [5, 5.41) is 7.65. The highest BCUT2D eigenvalue weighted by Crippen LogP contribution is 2.30. The smallest absolute Gasteiger partial charge is 0.414 e. The molecule has 33 heavy (non-hydrogen) atoms. The lowest BCUT2D eigenvalue weighted by molar-refractivity contribution is -0.131. The van der Waals surface area contributed by atoms with Gasteiger partial charge in [-0.05, 0) is 43.5 Å². The molecule has 4 rings (SSSR count). The lowest BCUT2D eigenvalue weighted by Crippen LogP contribution is -2.29. The number of amidine groups is 1. The lowest BCUT2D eigenvalue weighted by Gasteiger charge is -2.29. The van der Waals surface area contributed by atoms with Crippen LogP contribution in [0.25, 0.3) is 0 Å². The van der Waals surface area contributed by atoms with Crippen LogP contribution in [0, 0.1) is 5.41 Å². The summed E-state index contributed by atoms with van der Waals surface area (Å²) in [6, 6.07) is 12.7. The molecule has 3 N–H and O–H groups in total. The van der Waals surface area contributed by atoms with Gasteiger partial charge < -0.3 is 24.8 Å². The average molecular weight is 453 g/mol. The second-order valence-electron chi connectivity index (χ2n) is 8.16. The normalized spacial score (nSPS) is 18.1. The maximum absolute atomic E-state index is 12.5. The third-order valence-electron chi connectivity index (χ3n) is 5.67. The van der Waals surface area contributed by atoms with Crippen LogP contribution in [-0.2, 0) is 9.53 Å². The maximum Gasteiger partial charge on any atom is 0.414 e. The number of anilines is 2. The zero-order chi connectivity index (χ0) is 23.4. The van der Waals surface area contributed by atoms with Crippen molar-refractivity contribution in [3.8, 4) is 11.5 Å². The molecular formula is C24H28N4O5. The fourth-order valence-corrected chi connectivity index (χ4v) is 4.07. The van der Waals surface area contributed by atoms with Crippen molar-refractivity contribution in [1.29, 1.82) is 5.41 Å². The van der Waals surface area contributed by atoms with Crippen molar-refractivity contribution < 1.29 is 23.8 Å². The van der Waals surface area contributed by atoms with E-state index in [1.165, 1.54) is 37.2 Å². The van der Waals surface area contributed by atoms with Gasteiger partial charge in [-0.2, -0.15) is 0 Å². The van der Waals surface area contributed by atoms with Crippen LogP contribution in [0.4, 0.5) is 16.2 Å². The number of esters is 1. The highest BCUT2D eigenvalue weighted by molar-refractivity contribution is 5.99. The van der Waals surface area contributed by atoms with Gasteiger partial charge in [-0.3, -0.25) is 15.1 Å². The van der Waals surface area contributed by atoms with E-state index >= 15 is 0 Å². The quantitative estimate of drug-likeness (QED) is 0.286. The van der Waals surface area contributed by atoms with Crippen LogP contribution in [-0.4, -0.2) is 50.2 Å². The Morgan fingerprint density at radius 2 is 1.94 bits per heavy atom. The highest BCUT2D eigenvalue weighted by Gasteiger charge is 2.33. The summed E-state index contributed by atoms with van der Waals surface area (Å²) in [5.74, 6) is 0.0709. The summed E-state index contributed by atoms with van der Waals surface area (Å²) in [4.78, 5) is 27.7. The van der Waals surface area contributed by atoms with Crippen LogP contribution >= 0.6 is 0 Å². The number of cyclic esters (lactones) is 1. The number of benzene rings is 2. The molecule has 174 valence electrons. The number of piperidine rings is 1. The standard InChI is InChI=1S/C24H28N4O5/c1-16(29)32-22-13-18(8-9-21(22)23(25)26)28-14-20(33-24(28)30)15-31-19-7-5-6-17(12-19)27-10-3-2-4-11-27/h5-9,12-13,20H,2-4,10-11,14-15H2,1H3,(H3,25,26). The molecule has 0 spiro atoms. The van der Waals surface area contributed by atoms with Crippen LogP contribution in [0.2, 0.25) is 0 Å². The van der Waals surface area contributed by atoms with Gasteiger partial charge in [0.05, 0.1) is 17.8 Å². The van der Waals surface area contributed by atoms with Crippen molar-refractivity contribution in [2.45, 2.75) is 32.3 Å². The fourth-order valence-electron chi connectivity index (χ4n) is 4.07. The molecule has 2 aromatic carbocycles. The molecule has 2 saturated heterocycles. The zero-order valence-electron chi connectivity index (χ0n) is 18.6. The van der Waals surface area contributed by atoms with E-state index in [0.29, 0.717) is 5.69 Å². The SMILES string of the molecule is CC(=O)Oc1cc(N2CC(COc3cccc(N4CCCCC4)c3)OC2=O)ccc1C(=N)N. The van der Waals surface area contributed by atoms with Crippen molar-refractivity contribution >= 4 is 29.3 Å². The van der Waals surface area contributed by atoms with E-state index in [1.807, 2.05) is 18.2 Å². The molecule has 2 aliphatic rings. The number of carbonyl (C=O) groups excluding carboxylic acids is 2.